The number of benzene rings is 1. The molecule has 2 saturated heterocycles. The van der Waals surface area contributed by atoms with Crippen LogP contribution in [0.15, 0.2) is 30.3 Å². The van der Waals surface area contributed by atoms with Gasteiger partial charge in [-0.05, 0) is 88.2 Å². The van der Waals surface area contributed by atoms with E-state index in [4.69, 9.17) is 4.74 Å². The summed E-state index contributed by atoms with van der Waals surface area (Å²) >= 11 is 0. The van der Waals surface area contributed by atoms with Crippen LogP contribution in [0, 0.1) is 12.3 Å². The van der Waals surface area contributed by atoms with Crippen LogP contribution in [-0.2, 0) is 0 Å². The Labute approximate surface area is 180 Å². The number of nitrogens with zero attached hydrogens (tertiary/aromatic N) is 4. The predicted octanol–water partition coefficient (Wildman–Crippen LogP) is 4.70. The molecule has 5 heteroatoms. The fourth-order valence-corrected chi connectivity index (χ4v) is 5.49. The lowest BCUT2D eigenvalue weighted by Crippen LogP contribution is -2.51. The number of hydrogen-bond donors (Lipinski definition) is 0. The molecule has 0 unspecified atom stereocenters. The van der Waals surface area contributed by atoms with Crippen LogP contribution in [0.5, 0.6) is 5.75 Å². The zero-order valence-electron chi connectivity index (χ0n) is 18.4. The highest BCUT2D eigenvalue weighted by atomic mass is 16.5. The molecule has 0 radical (unpaired) electrons. The van der Waals surface area contributed by atoms with Gasteiger partial charge in [-0.3, -0.25) is 0 Å². The standard InChI is InChI=1S/C25H34N4O/c1-19-6-8-23(30-2)21(18-19)22-7-9-24(27-26-22)29-16-12-25(13-17-29)10-14-28(15-11-25)20-4-3-5-20/h6-9,18,20H,3-5,10-17H2,1-2H3. The molecule has 0 N–H and O–H groups in total. The lowest BCUT2D eigenvalue weighted by Gasteiger charge is -2.50. The van der Waals surface area contributed by atoms with Gasteiger partial charge < -0.3 is 14.5 Å². The van der Waals surface area contributed by atoms with Gasteiger partial charge in [-0.2, -0.15) is 0 Å². The number of methoxy groups -OCH3 is 1. The number of ether oxygens (including phenoxy) is 1. The highest BCUT2D eigenvalue weighted by Gasteiger charge is 2.39. The van der Waals surface area contributed by atoms with E-state index in [9.17, 15) is 0 Å². The molecule has 0 amide bonds. The van der Waals surface area contributed by atoms with Crippen LogP contribution in [0.25, 0.3) is 11.3 Å². The van der Waals surface area contributed by atoms with Crippen LogP contribution in [0.2, 0.25) is 0 Å². The summed E-state index contributed by atoms with van der Waals surface area (Å²) in [4.78, 5) is 5.19. The van der Waals surface area contributed by atoms with Gasteiger partial charge in [0.2, 0.25) is 0 Å². The quantitative estimate of drug-likeness (QED) is 0.736. The highest BCUT2D eigenvalue weighted by Crippen LogP contribution is 2.43. The third-order valence-electron chi connectivity index (χ3n) is 7.88. The Bertz CT molecular complexity index is 859. The van der Waals surface area contributed by atoms with Crippen LogP contribution < -0.4 is 9.64 Å². The fourth-order valence-electron chi connectivity index (χ4n) is 5.49. The lowest BCUT2D eigenvalue weighted by molar-refractivity contribution is 0.0305. The van der Waals surface area contributed by atoms with E-state index in [-0.39, 0.29) is 0 Å². The number of aryl methyl sites for hydroxylation is 1. The van der Waals surface area contributed by atoms with E-state index in [1.54, 1.807) is 7.11 Å². The van der Waals surface area contributed by atoms with Crippen molar-refractivity contribution in [2.45, 2.75) is 57.9 Å². The lowest BCUT2D eigenvalue weighted by atomic mass is 9.70. The van der Waals surface area contributed by atoms with E-state index in [1.807, 2.05) is 6.07 Å². The Morgan fingerprint density at radius 1 is 0.933 bits per heavy atom. The maximum Gasteiger partial charge on any atom is 0.151 e. The molecule has 3 aliphatic rings. The van der Waals surface area contributed by atoms with Crippen molar-refractivity contribution >= 4 is 5.82 Å². The molecule has 1 aromatic carbocycles. The van der Waals surface area contributed by atoms with Crippen molar-refractivity contribution < 1.29 is 4.74 Å². The zero-order valence-corrected chi connectivity index (χ0v) is 18.4. The summed E-state index contributed by atoms with van der Waals surface area (Å²) < 4.78 is 5.52. The number of aromatic nitrogens is 2. The van der Waals surface area contributed by atoms with Crippen LogP contribution >= 0.6 is 0 Å². The first-order valence-corrected chi connectivity index (χ1v) is 11.6. The summed E-state index contributed by atoms with van der Waals surface area (Å²) in [6, 6.07) is 11.3. The van der Waals surface area contributed by atoms with Crippen LogP contribution in [0.1, 0.15) is 50.5 Å². The first-order chi connectivity index (χ1) is 14.7. The summed E-state index contributed by atoms with van der Waals surface area (Å²) in [6.45, 7) is 6.93. The van der Waals surface area contributed by atoms with Gasteiger partial charge in [0.1, 0.15) is 5.75 Å². The average molecular weight is 407 g/mol. The number of hydrogen-bond acceptors (Lipinski definition) is 5. The first-order valence-electron chi connectivity index (χ1n) is 11.6. The predicted molar refractivity (Wildman–Crippen MR) is 121 cm³/mol. The van der Waals surface area contributed by atoms with Crippen molar-refractivity contribution in [3.05, 3.63) is 35.9 Å². The molecule has 2 aliphatic heterocycles. The molecule has 3 fully saturated rings. The van der Waals surface area contributed by atoms with Gasteiger partial charge in [0.25, 0.3) is 0 Å². The van der Waals surface area contributed by atoms with Crippen molar-refractivity contribution in [3.8, 4) is 17.0 Å². The Morgan fingerprint density at radius 3 is 2.27 bits per heavy atom. The Morgan fingerprint density at radius 2 is 1.67 bits per heavy atom. The summed E-state index contributed by atoms with van der Waals surface area (Å²) in [6.07, 6.45) is 9.66. The van der Waals surface area contributed by atoms with Crippen LogP contribution in [0.3, 0.4) is 0 Å². The molecule has 1 spiro atoms. The van der Waals surface area contributed by atoms with Gasteiger partial charge in [0.15, 0.2) is 5.82 Å². The van der Waals surface area contributed by atoms with Crippen molar-refractivity contribution in [1.82, 2.24) is 15.1 Å². The second-order valence-electron chi connectivity index (χ2n) is 9.59. The molecule has 30 heavy (non-hydrogen) atoms. The minimum Gasteiger partial charge on any atom is -0.496 e. The topological polar surface area (TPSA) is 41.5 Å². The summed E-state index contributed by atoms with van der Waals surface area (Å²) in [5.41, 5.74) is 3.64. The number of piperidine rings is 2. The number of anilines is 1. The highest BCUT2D eigenvalue weighted by molar-refractivity contribution is 5.68. The van der Waals surface area contributed by atoms with Crippen LogP contribution in [0.4, 0.5) is 5.82 Å². The fraction of sp³-hybridized carbons (Fsp3) is 0.600. The third-order valence-corrected chi connectivity index (χ3v) is 7.88. The van der Waals surface area contributed by atoms with Gasteiger partial charge in [0.05, 0.1) is 12.8 Å². The van der Waals surface area contributed by atoms with E-state index in [1.165, 1.54) is 63.6 Å². The molecule has 3 heterocycles. The molecule has 1 aliphatic carbocycles. The maximum absolute atomic E-state index is 5.52. The molecule has 5 rings (SSSR count). The number of rotatable bonds is 4. The molecule has 0 atom stereocenters. The van der Waals surface area contributed by atoms with E-state index < -0.39 is 0 Å². The Balaban J connectivity index is 1.21. The molecule has 1 aromatic heterocycles. The number of likely N-dealkylation sites (tertiary alicyclic amines) is 1. The summed E-state index contributed by atoms with van der Waals surface area (Å²) in [5, 5.41) is 9.13. The van der Waals surface area contributed by atoms with Gasteiger partial charge >= 0.3 is 0 Å². The van der Waals surface area contributed by atoms with Crippen molar-refractivity contribution in [3.63, 3.8) is 0 Å². The Hall–Kier alpha value is -2.14. The summed E-state index contributed by atoms with van der Waals surface area (Å²) in [7, 11) is 1.70. The third kappa shape index (κ3) is 3.80. The molecular weight excluding hydrogens is 372 g/mol. The van der Waals surface area contributed by atoms with Crippen molar-refractivity contribution in [1.29, 1.82) is 0 Å². The summed E-state index contributed by atoms with van der Waals surface area (Å²) in [5.74, 6) is 1.85. The van der Waals surface area contributed by atoms with E-state index in [0.717, 1.165) is 42.0 Å². The SMILES string of the molecule is COc1ccc(C)cc1-c1ccc(N2CCC3(CC2)CCN(C2CCC2)CC3)nn1. The average Bonchev–Trinajstić information content (AvgIpc) is 2.75. The molecule has 160 valence electrons. The van der Waals surface area contributed by atoms with Crippen LogP contribution in [-0.4, -0.2) is 54.4 Å². The molecular formula is C25H34N4O. The maximum atomic E-state index is 5.52. The Kier molecular flexibility index (Phi) is 5.40. The monoisotopic (exact) mass is 406 g/mol. The van der Waals surface area contributed by atoms with E-state index >= 15 is 0 Å². The van der Waals surface area contributed by atoms with Gasteiger partial charge in [-0.25, -0.2) is 0 Å². The minimum atomic E-state index is 0.569. The second kappa shape index (κ2) is 8.18. The molecule has 1 saturated carbocycles. The molecule has 0 bridgehead atoms. The zero-order chi connectivity index (χ0) is 20.6. The van der Waals surface area contributed by atoms with Crippen molar-refractivity contribution in [2.75, 3.05) is 38.2 Å². The van der Waals surface area contributed by atoms with Crippen molar-refractivity contribution in [2.24, 2.45) is 5.41 Å². The molecule has 2 aromatic rings. The van der Waals surface area contributed by atoms with E-state index in [2.05, 4.69) is 51.2 Å². The van der Waals surface area contributed by atoms with Gasteiger partial charge in [-0.1, -0.05) is 18.1 Å². The first kappa shape index (κ1) is 19.8. The minimum absolute atomic E-state index is 0.569. The normalized spacial score (nSPS) is 22.1. The second-order valence-corrected chi connectivity index (χ2v) is 9.59. The largest absolute Gasteiger partial charge is 0.496 e. The smallest absolute Gasteiger partial charge is 0.151 e. The van der Waals surface area contributed by atoms with E-state index in [0.29, 0.717) is 5.41 Å². The van der Waals surface area contributed by atoms with Gasteiger partial charge in [0, 0.05) is 24.7 Å². The van der Waals surface area contributed by atoms with Gasteiger partial charge in [-0.15, -0.1) is 10.2 Å². The molecule has 5 nitrogen and oxygen atoms in total.